The first-order valence-electron chi connectivity index (χ1n) is 5.05. The second-order valence-electron chi connectivity index (χ2n) is 4.40. The molecule has 1 N–H and O–H groups in total. The van der Waals surface area contributed by atoms with Crippen LogP contribution in [0.25, 0.3) is 0 Å². The lowest BCUT2D eigenvalue weighted by atomic mass is 9.92. The van der Waals surface area contributed by atoms with Crippen LogP contribution in [0.2, 0.25) is 0 Å². The highest BCUT2D eigenvalue weighted by Crippen LogP contribution is 2.17. The average molecular weight is 187 g/mol. The summed E-state index contributed by atoms with van der Waals surface area (Å²) in [5, 5.41) is 10.1. The zero-order valence-electron chi connectivity index (χ0n) is 8.92. The van der Waals surface area contributed by atoms with E-state index in [1.165, 1.54) is 0 Å². The predicted molar refractivity (Wildman–Crippen MR) is 52.7 cm³/mol. The zero-order valence-corrected chi connectivity index (χ0v) is 8.92. The van der Waals surface area contributed by atoms with Crippen LogP contribution in [-0.4, -0.2) is 48.5 Å². The molecule has 1 aliphatic heterocycles. The van der Waals surface area contributed by atoms with Crippen molar-refractivity contribution in [2.24, 2.45) is 5.92 Å². The van der Waals surface area contributed by atoms with Crippen LogP contribution in [0, 0.1) is 5.92 Å². The highest BCUT2D eigenvalue weighted by atomic mass is 16.5. The van der Waals surface area contributed by atoms with Gasteiger partial charge in [0.05, 0.1) is 18.8 Å². The number of morpholine rings is 1. The summed E-state index contributed by atoms with van der Waals surface area (Å²) in [6.45, 7) is 10.3. The van der Waals surface area contributed by atoms with Crippen LogP contribution >= 0.6 is 0 Å². The molecule has 0 aromatic rings. The van der Waals surface area contributed by atoms with Crippen molar-refractivity contribution in [2.45, 2.75) is 26.4 Å². The Morgan fingerprint density at radius 1 is 1.38 bits per heavy atom. The molecule has 1 fully saturated rings. The normalized spacial score (nSPS) is 24.7. The second-order valence-corrected chi connectivity index (χ2v) is 4.40. The van der Waals surface area contributed by atoms with E-state index in [0.717, 1.165) is 32.8 Å². The van der Waals surface area contributed by atoms with Crippen molar-refractivity contribution >= 4 is 0 Å². The summed E-state index contributed by atoms with van der Waals surface area (Å²) in [7, 11) is 0. The van der Waals surface area contributed by atoms with Gasteiger partial charge >= 0.3 is 0 Å². The fraction of sp³-hybridized carbons (Fsp3) is 1.00. The Morgan fingerprint density at radius 3 is 2.38 bits per heavy atom. The van der Waals surface area contributed by atoms with Crippen LogP contribution < -0.4 is 0 Å². The summed E-state index contributed by atoms with van der Waals surface area (Å²) in [5.74, 6) is 0.301. The maximum absolute atomic E-state index is 10.1. The average Bonchev–Trinajstić information content (AvgIpc) is 2.05. The van der Waals surface area contributed by atoms with Gasteiger partial charge in [-0.3, -0.25) is 4.90 Å². The molecule has 1 unspecified atom stereocenters. The van der Waals surface area contributed by atoms with Gasteiger partial charge in [0.1, 0.15) is 0 Å². The van der Waals surface area contributed by atoms with E-state index >= 15 is 0 Å². The predicted octanol–water partition coefficient (Wildman–Crippen LogP) is 0.726. The molecule has 0 amide bonds. The van der Waals surface area contributed by atoms with Crippen molar-refractivity contribution in [3.63, 3.8) is 0 Å². The molecular formula is C10H21NO2. The SMILES string of the molecule is CC(C)C(C)(O)CN1CCOCC1. The third-order valence-electron chi connectivity index (χ3n) is 2.89. The van der Waals surface area contributed by atoms with E-state index in [4.69, 9.17) is 4.74 Å². The van der Waals surface area contributed by atoms with E-state index in [1.54, 1.807) is 0 Å². The van der Waals surface area contributed by atoms with Crippen molar-refractivity contribution in [3.05, 3.63) is 0 Å². The van der Waals surface area contributed by atoms with Crippen LogP contribution in [-0.2, 0) is 4.74 Å². The zero-order chi connectivity index (χ0) is 9.90. The van der Waals surface area contributed by atoms with Crippen molar-refractivity contribution in [2.75, 3.05) is 32.8 Å². The summed E-state index contributed by atoms with van der Waals surface area (Å²) in [4.78, 5) is 2.27. The van der Waals surface area contributed by atoms with Gasteiger partial charge < -0.3 is 9.84 Å². The van der Waals surface area contributed by atoms with Crippen molar-refractivity contribution in [1.29, 1.82) is 0 Å². The standard InChI is InChI=1S/C10H21NO2/c1-9(2)10(3,12)8-11-4-6-13-7-5-11/h9,12H,4-8H2,1-3H3. The first-order chi connectivity index (χ1) is 6.02. The van der Waals surface area contributed by atoms with Gasteiger partial charge in [-0.25, -0.2) is 0 Å². The van der Waals surface area contributed by atoms with E-state index in [-0.39, 0.29) is 0 Å². The van der Waals surface area contributed by atoms with Gasteiger partial charge in [-0.2, -0.15) is 0 Å². The molecule has 1 atom stereocenters. The number of hydrogen-bond donors (Lipinski definition) is 1. The molecular weight excluding hydrogens is 166 g/mol. The fourth-order valence-corrected chi connectivity index (χ4v) is 1.39. The minimum Gasteiger partial charge on any atom is -0.389 e. The molecule has 3 nitrogen and oxygen atoms in total. The molecule has 0 aliphatic carbocycles. The van der Waals surface area contributed by atoms with Crippen molar-refractivity contribution < 1.29 is 9.84 Å². The van der Waals surface area contributed by atoms with Gasteiger partial charge in [0.2, 0.25) is 0 Å². The molecule has 0 aromatic carbocycles. The van der Waals surface area contributed by atoms with E-state index in [2.05, 4.69) is 18.7 Å². The fourth-order valence-electron chi connectivity index (χ4n) is 1.39. The summed E-state index contributed by atoms with van der Waals surface area (Å²) in [5.41, 5.74) is -0.572. The molecule has 1 saturated heterocycles. The van der Waals surface area contributed by atoms with Crippen LogP contribution in [0.5, 0.6) is 0 Å². The van der Waals surface area contributed by atoms with Crippen LogP contribution in [0.1, 0.15) is 20.8 Å². The van der Waals surface area contributed by atoms with Gasteiger partial charge in [-0.05, 0) is 12.8 Å². The molecule has 1 aliphatic rings. The second kappa shape index (κ2) is 4.40. The molecule has 1 rings (SSSR count). The van der Waals surface area contributed by atoms with Crippen LogP contribution in [0.15, 0.2) is 0 Å². The lowest BCUT2D eigenvalue weighted by Crippen LogP contribution is -2.48. The maximum atomic E-state index is 10.1. The highest BCUT2D eigenvalue weighted by Gasteiger charge is 2.28. The number of β-amino-alcohol motifs (C(OH)–C–C–N with tert-alkyl or cyclic N) is 1. The Bertz CT molecular complexity index is 151. The number of rotatable bonds is 3. The van der Waals surface area contributed by atoms with E-state index < -0.39 is 5.60 Å². The van der Waals surface area contributed by atoms with Gasteiger partial charge in [0.15, 0.2) is 0 Å². The Hall–Kier alpha value is -0.120. The summed E-state index contributed by atoms with van der Waals surface area (Å²) in [6, 6.07) is 0. The number of aliphatic hydroxyl groups is 1. The minimum atomic E-state index is -0.572. The smallest absolute Gasteiger partial charge is 0.0768 e. The summed E-state index contributed by atoms with van der Waals surface area (Å²) >= 11 is 0. The highest BCUT2D eigenvalue weighted by molar-refractivity contribution is 4.81. The lowest BCUT2D eigenvalue weighted by molar-refractivity contribution is -0.0459. The van der Waals surface area contributed by atoms with Crippen molar-refractivity contribution in [3.8, 4) is 0 Å². The van der Waals surface area contributed by atoms with Crippen LogP contribution in [0.3, 0.4) is 0 Å². The van der Waals surface area contributed by atoms with E-state index in [1.807, 2.05) is 6.92 Å². The van der Waals surface area contributed by atoms with E-state index in [0.29, 0.717) is 5.92 Å². The number of nitrogens with zero attached hydrogens (tertiary/aromatic N) is 1. The quantitative estimate of drug-likeness (QED) is 0.707. The largest absolute Gasteiger partial charge is 0.389 e. The topological polar surface area (TPSA) is 32.7 Å². The molecule has 0 aromatic heterocycles. The molecule has 0 radical (unpaired) electrons. The molecule has 13 heavy (non-hydrogen) atoms. The Balaban J connectivity index is 2.37. The molecule has 0 bridgehead atoms. The maximum Gasteiger partial charge on any atom is 0.0768 e. The first kappa shape index (κ1) is 11.0. The minimum absolute atomic E-state index is 0.301. The van der Waals surface area contributed by atoms with E-state index in [9.17, 15) is 5.11 Å². The third-order valence-corrected chi connectivity index (χ3v) is 2.89. The Kier molecular flexibility index (Phi) is 3.71. The Morgan fingerprint density at radius 2 is 1.92 bits per heavy atom. The molecule has 0 spiro atoms. The number of hydrogen-bond acceptors (Lipinski definition) is 3. The summed E-state index contributed by atoms with van der Waals surface area (Å²) in [6.07, 6.45) is 0. The third kappa shape index (κ3) is 3.25. The monoisotopic (exact) mass is 187 g/mol. The molecule has 0 saturated carbocycles. The molecule has 78 valence electrons. The lowest BCUT2D eigenvalue weighted by Gasteiger charge is -2.36. The summed E-state index contributed by atoms with van der Waals surface area (Å²) < 4.78 is 5.25. The van der Waals surface area contributed by atoms with Gasteiger partial charge in [0.25, 0.3) is 0 Å². The molecule has 3 heteroatoms. The van der Waals surface area contributed by atoms with Gasteiger partial charge in [-0.1, -0.05) is 13.8 Å². The Labute approximate surface area is 80.7 Å². The van der Waals surface area contributed by atoms with Gasteiger partial charge in [0, 0.05) is 19.6 Å². The number of ether oxygens (including phenoxy) is 1. The molecule has 1 heterocycles. The van der Waals surface area contributed by atoms with Crippen LogP contribution in [0.4, 0.5) is 0 Å². The first-order valence-corrected chi connectivity index (χ1v) is 5.05. The van der Waals surface area contributed by atoms with Crippen molar-refractivity contribution in [1.82, 2.24) is 4.90 Å². The van der Waals surface area contributed by atoms with Gasteiger partial charge in [-0.15, -0.1) is 0 Å².